The topological polar surface area (TPSA) is 40.9 Å². The molecule has 112 valence electrons. The highest BCUT2D eigenvalue weighted by molar-refractivity contribution is 5.93. The van der Waals surface area contributed by atoms with E-state index in [1.165, 1.54) is 0 Å². The normalized spacial score (nSPS) is 17.3. The molecular formula is C16H22N4O. The number of rotatable bonds is 2. The number of carbonyl (C=O) groups is 1. The van der Waals surface area contributed by atoms with Crippen molar-refractivity contribution in [3.05, 3.63) is 35.8 Å². The molecule has 0 radical (unpaired) electrons. The summed E-state index contributed by atoms with van der Waals surface area (Å²) < 4.78 is 1.91. The predicted octanol–water partition coefficient (Wildman–Crippen LogP) is 1.81. The highest BCUT2D eigenvalue weighted by Gasteiger charge is 2.26. The van der Waals surface area contributed by atoms with E-state index in [-0.39, 0.29) is 5.91 Å². The van der Waals surface area contributed by atoms with Gasteiger partial charge >= 0.3 is 0 Å². The second-order valence-corrected chi connectivity index (χ2v) is 6.05. The number of aryl methyl sites for hydroxylation is 1. The third-order valence-corrected chi connectivity index (χ3v) is 4.39. The first kappa shape index (κ1) is 14.1. The highest BCUT2D eigenvalue weighted by Crippen LogP contribution is 2.17. The van der Waals surface area contributed by atoms with Crippen molar-refractivity contribution < 1.29 is 4.79 Å². The Bertz CT molecular complexity index is 655. The molecule has 1 amide bonds. The molecule has 1 saturated heterocycles. The van der Waals surface area contributed by atoms with Crippen LogP contribution in [0.2, 0.25) is 0 Å². The van der Waals surface area contributed by atoms with Gasteiger partial charge in [-0.3, -0.25) is 4.79 Å². The van der Waals surface area contributed by atoms with E-state index in [0.717, 1.165) is 37.1 Å². The van der Waals surface area contributed by atoms with Crippen molar-refractivity contribution in [1.29, 1.82) is 0 Å². The van der Waals surface area contributed by atoms with Gasteiger partial charge in [0.2, 0.25) is 0 Å². The molecule has 0 bridgehead atoms. The van der Waals surface area contributed by atoms with Crippen LogP contribution in [0.3, 0.4) is 0 Å². The second kappa shape index (κ2) is 5.48. The van der Waals surface area contributed by atoms with Gasteiger partial charge in [0.1, 0.15) is 11.3 Å². The lowest BCUT2D eigenvalue weighted by Crippen LogP contribution is -2.44. The largest absolute Gasteiger partial charge is 0.337 e. The lowest BCUT2D eigenvalue weighted by molar-refractivity contribution is 0.0654. The Morgan fingerprint density at radius 3 is 2.81 bits per heavy atom. The van der Waals surface area contributed by atoms with Crippen molar-refractivity contribution in [1.82, 2.24) is 19.2 Å². The summed E-state index contributed by atoms with van der Waals surface area (Å²) in [6.07, 6.45) is 5.84. The van der Waals surface area contributed by atoms with Crippen molar-refractivity contribution in [2.24, 2.45) is 0 Å². The zero-order valence-electron chi connectivity index (χ0n) is 12.9. The Hall–Kier alpha value is -1.88. The molecule has 0 spiro atoms. The van der Waals surface area contributed by atoms with Crippen molar-refractivity contribution in [2.45, 2.75) is 25.8 Å². The smallest absolute Gasteiger partial charge is 0.274 e. The number of fused-ring (bicyclic) bond motifs is 1. The maximum Gasteiger partial charge on any atom is 0.274 e. The minimum atomic E-state index is 0.0194. The Morgan fingerprint density at radius 2 is 2.10 bits per heavy atom. The number of likely N-dealkylation sites (tertiary alicyclic amines) is 1. The van der Waals surface area contributed by atoms with Crippen LogP contribution in [-0.2, 0) is 0 Å². The van der Waals surface area contributed by atoms with Gasteiger partial charge in [0.15, 0.2) is 0 Å². The molecule has 0 N–H and O–H groups in total. The summed E-state index contributed by atoms with van der Waals surface area (Å²) >= 11 is 0. The van der Waals surface area contributed by atoms with Gasteiger partial charge < -0.3 is 14.2 Å². The Kier molecular flexibility index (Phi) is 3.68. The number of piperidine rings is 1. The fourth-order valence-corrected chi connectivity index (χ4v) is 2.92. The summed E-state index contributed by atoms with van der Waals surface area (Å²) in [5.74, 6) is 0.0194. The van der Waals surface area contributed by atoms with Crippen LogP contribution in [0.25, 0.3) is 5.65 Å². The molecule has 3 rings (SSSR count). The SMILES string of the molecule is Cc1ccn2cc(C(=O)N(C)C3CCN(C)CC3)nc2c1. The second-order valence-electron chi connectivity index (χ2n) is 6.05. The van der Waals surface area contributed by atoms with Crippen molar-refractivity contribution >= 4 is 11.6 Å². The van der Waals surface area contributed by atoms with E-state index in [2.05, 4.69) is 16.9 Å². The maximum atomic E-state index is 12.6. The van der Waals surface area contributed by atoms with E-state index in [1.54, 1.807) is 0 Å². The van der Waals surface area contributed by atoms with Crippen LogP contribution in [0.5, 0.6) is 0 Å². The molecule has 0 saturated carbocycles. The summed E-state index contributed by atoms with van der Waals surface area (Å²) in [4.78, 5) is 21.3. The first-order valence-corrected chi connectivity index (χ1v) is 7.45. The van der Waals surface area contributed by atoms with Gasteiger partial charge in [-0.1, -0.05) is 0 Å². The monoisotopic (exact) mass is 286 g/mol. The maximum absolute atomic E-state index is 12.6. The molecule has 3 heterocycles. The number of hydrogen-bond acceptors (Lipinski definition) is 3. The number of aromatic nitrogens is 2. The fourth-order valence-electron chi connectivity index (χ4n) is 2.92. The zero-order chi connectivity index (χ0) is 15.0. The number of imidazole rings is 1. The number of nitrogens with zero attached hydrogens (tertiary/aromatic N) is 4. The average Bonchev–Trinajstić information content (AvgIpc) is 2.89. The molecule has 1 aliphatic heterocycles. The van der Waals surface area contributed by atoms with Crippen LogP contribution in [-0.4, -0.2) is 58.3 Å². The lowest BCUT2D eigenvalue weighted by atomic mass is 10.0. The summed E-state index contributed by atoms with van der Waals surface area (Å²) in [7, 11) is 4.02. The molecule has 21 heavy (non-hydrogen) atoms. The molecule has 0 aliphatic carbocycles. The first-order chi connectivity index (χ1) is 10.0. The van der Waals surface area contributed by atoms with Gasteiger partial charge in [-0.2, -0.15) is 0 Å². The molecule has 2 aromatic rings. The molecule has 0 unspecified atom stereocenters. The minimum Gasteiger partial charge on any atom is -0.337 e. The van der Waals surface area contributed by atoms with Crippen LogP contribution in [0.4, 0.5) is 0 Å². The molecule has 1 aliphatic rings. The van der Waals surface area contributed by atoms with E-state index in [1.807, 2.05) is 47.8 Å². The number of carbonyl (C=O) groups excluding carboxylic acids is 1. The number of hydrogen-bond donors (Lipinski definition) is 0. The molecular weight excluding hydrogens is 264 g/mol. The zero-order valence-corrected chi connectivity index (χ0v) is 12.9. The van der Waals surface area contributed by atoms with Crippen molar-refractivity contribution in [2.75, 3.05) is 27.2 Å². The average molecular weight is 286 g/mol. The molecule has 1 fully saturated rings. The Labute approximate surface area is 125 Å². The standard InChI is InChI=1S/C16H22N4O/c1-12-4-9-20-11-14(17-15(20)10-12)16(21)19(3)13-5-7-18(2)8-6-13/h4,9-11,13H,5-8H2,1-3H3. The first-order valence-electron chi connectivity index (χ1n) is 7.45. The molecule has 0 aromatic carbocycles. The van der Waals surface area contributed by atoms with E-state index in [9.17, 15) is 4.79 Å². The number of pyridine rings is 1. The Morgan fingerprint density at radius 1 is 1.38 bits per heavy atom. The van der Waals surface area contributed by atoms with E-state index in [0.29, 0.717) is 11.7 Å². The highest BCUT2D eigenvalue weighted by atomic mass is 16.2. The predicted molar refractivity (Wildman–Crippen MR) is 82.5 cm³/mol. The fraction of sp³-hybridized carbons (Fsp3) is 0.500. The molecule has 0 atom stereocenters. The van der Waals surface area contributed by atoms with Gasteiger partial charge in [0.25, 0.3) is 5.91 Å². The quantitative estimate of drug-likeness (QED) is 0.845. The third-order valence-electron chi connectivity index (χ3n) is 4.39. The van der Waals surface area contributed by atoms with Gasteiger partial charge in [0.05, 0.1) is 0 Å². The van der Waals surface area contributed by atoms with Gasteiger partial charge in [-0.25, -0.2) is 4.98 Å². The van der Waals surface area contributed by atoms with Crippen molar-refractivity contribution in [3.63, 3.8) is 0 Å². The Balaban J connectivity index is 1.79. The van der Waals surface area contributed by atoms with E-state index < -0.39 is 0 Å². The number of amides is 1. The van der Waals surface area contributed by atoms with E-state index >= 15 is 0 Å². The van der Waals surface area contributed by atoms with Gasteiger partial charge in [0, 0.05) is 25.5 Å². The van der Waals surface area contributed by atoms with Gasteiger partial charge in [-0.05, 0) is 57.6 Å². The third kappa shape index (κ3) is 2.78. The summed E-state index contributed by atoms with van der Waals surface area (Å²) in [6.45, 7) is 4.13. The van der Waals surface area contributed by atoms with Crippen LogP contribution in [0.15, 0.2) is 24.5 Å². The van der Waals surface area contributed by atoms with E-state index in [4.69, 9.17) is 0 Å². The lowest BCUT2D eigenvalue weighted by Gasteiger charge is -2.34. The summed E-state index contributed by atoms with van der Waals surface area (Å²) in [5.41, 5.74) is 2.51. The van der Waals surface area contributed by atoms with Gasteiger partial charge in [-0.15, -0.1) is 0 Å². The molecule has 5 nitrogen and oxygen atoms in total. The van der Waals surface area contributed by atoms with Crippen LogP contribution >= 0.6 is 0 Å². The minimum absolute atomic E-state index is 0.0194. The van der Waals surface area contributed by atoms with Crippen LogP contribution in [0.1, 0.15) is 28.9 Å². The summed E-state index contributed by atoms with van der Waals surface area (Å²) in [6, 6.07) is 4.33. The van der Waals surface area contributed by atoms with Crippen LogP contribution < -0.4 is 0 Å². The van der Waals surface area contributed by atoms with Crippen molar-refractivity contribution in [3.8, 4) is 0 Å². The molecule has 5 heteroatoms. The summed E-state index contributed by atoms with van der Waals surface area (Å²) in [5, 5.41) is 0. The van der Waals surface area contributed by atoms with Crippen LogP contribution in [0, 0.1) is 6.92 Å². The molecule has 2 aromatic heterocycles.